The lowest BCUT2D eigenvalue weighted by molar-refractivity contribution is 0.0947. The first kappa shape index (κ1) is 26.3. The monoisotopic (exact) mass is 566 g/mol. The third-order valence-electron chi connectivity index (χ3n) is 5.85. The number of aryl methyl sites for hydroxylation is 2. The second kappa shape index (κ2) is 11.6. The second-order valence-electron chi connectivity index (χ2n) is 9.18. The number of nitrogens with one attached hydrogen (secondary N) is 1. The fraction of sp³-hybridized carbons (Fsp3) is 0.286. The Labute approximate surface area is 234 Å². The van der Waals surface area contributed by atoms with Gasteiger partial charge >= 0.3 is 0 Å². The van der Waals surface area contributed by atoms with Crippen LogP contribution < -0.4 is 14.8 Å². The van der Waals surface area contributed by atoms with E-state index in [-0.39, 0.29) is 11.9 Å². The van der Waals surface area contributed by atoms with Crippen LogP contribution in [0.2, 0.25) is 5.02 Å². The topological polar surface area (TPSA) is 86.2 Å². The van der Waals surface area contributed by atoms with Gasteiger partial charge in [-0.15, -0.1) is 11.3 Å². The molecule has 1 aliphatic rings. The first-order valence-corrected chi connectivity index (χ1v) is 14.3. The highest BCUT2D eigenvalue weighted by atomic mass is 35.5. The number of amides is 1. The molecule has 0 saturated heterocycles. The highest BCUT2D eigenvalue weighted by molar-refractivity contribution is 7.15. The molecule has 1 saturated carbocycles. The van der Waals surface area contributed by atoms with Gasteiger partial charge < -0.3 is 14.8 Å². The van der Waals surface area contributed by atoms with Crippen LogP contribution in [0.3, 0.4) is 0 Å². The minimum absolute atomic E-state index is 0.169. The van der Waals surface area contributed by atoms with Crippen LogP contribution in [0.4, 0.5) is 0 Å². The van der Waals surface area contributed by atoms with E-state index in [4.69, 9.17) is 21.1 Å². The lowest BCUT2D eigenvalue weighted by Gasteiger charge is -2.10. The summed E-state index contributed by atoms with van der Waals surface area (Å²) in [6, 6.07) is 8.73. The zero-order valence-electron chi connectivity index (χ0n) is 21.2. The van der Waals surface area contributed by atoms with Crippen molar-refractivity contribution in [3.05, 3.63) is 75.0 Å². The first-order valence-electron chi connectivity index (χ1n) is 12.3. The molecule has 7 nitrogen and oxygen atoms in total. The number of carbonyl (C=O) groups is 1. The van der Waals surface area contributed by atoms with Gasteiger partial charge in [0.2, 0.25) is 0 Å². The molecule has 0 radical (unpaired) electrons. The van der Waals surface area contributed by atoms with Gasteiger partial charge in [-0.2, -0.15) is 0 Å². The molecular weight excluding hydrogens is 540 g/mol. The summed E-state index contributed by atoms with van der Waals surface area (Å²) in [5.41, 5.74) is 2.22. The van der Waals surface area contributed by atoms with Crippen molar-refractivity contribution >= 4 is 46.3 Å². The minimum atomic E-state index is -0.199. The second-order valence-corrected chi connectivity index (χ2v) is 11.8. The van der Waals surface area contributed by atoms with Gasteiger partial charge in [-0.1, -0.05) is 29.0 Å². The van der Waals surface area contributed by atoms with Gasteiger partial charge in [0.25, 0.3) is 11.1 Å². The van der Waals surface area contributed by atoms with E-state index < -0.39 is 0 Å². The summed E-state index contributed by atoms with van der Waals surface area (Å²) < 4.78 is 11.6. The summed E-state index contributed by atoms with van der Waals surface area (Å²) in [6.45, 7) is 6.56. The van der Waals surface area contributed by atoms with Gasteiger partial charge in [-0.25, -0.2) is 9.97 Å². The van der Waals surface area contributed by atoms with Gasteiger partial charge in [0.15, 0.2) is 0 Å². The summed E-state index contributed by atoms with van der Waals surface area (Å²) >= 11 is 9.34. The number of ether oxygens (including phenoxy) is 2. The van der Waals surface area contributed by atoms with Crippen LogP contribution in [-0.4, -0.2) is 33.5 Å². The predicted molar refractivity (Wildman–Crippen MR) is 153 cm³/mol. The largest absolute Gasteiger partial charge is 0.493 e. The SMILES string of the molecule is Cc1nc(C)c(-c2cc(C(=O)N[C@@H](C)/C=C/c3cnc(Oc4ccc(OCC5CC5)cc4Cl)s3)ccn2)s1. The van der Waals surface area contributed by atoms with Crippen LogP contribution in [0.15, 0.2) is 48.8 Å². The number of thiazole rings is 2. The highest BCUT2D eigenvalue weighted by Gasteiger charge is 2.22. The Morgan fingerprint density at radius 2 is 2.05 bits per heavy atom. The number of carbonyl (C=O) groups excluding carboxylic acids is 1. The Kier molecular flexibility index (Phi) is 8.06. The third-order valence-corrected chi connectivity index (χ3v) is 8.08. The van der Waals surface area contributed by atoms with Crippen LogP contribution in [-0.2, 0) is 0 Å². The van der Waals surface area contributed by atoms with Gasteiger partial charge in [0.05, 0.1) is 37.8 Å². The summed E-state index contributed by atoms with van der Waals surface area (Å²) in [5, 5.41) is 4.93. The molecule has 38 heavy (non-hydrogen) atoms. The Bertz CT molecular complexity index is 1480. The molecule has 4 aromatic rings. The van der Waals surface area contributed by atoms with Gasteiger partial charge in [0.1, 0.15) is 11.5 Å². The first-order chi connectivity index (χ1) is 18.3. The van der Waals surface area contributed by atoms with E-state index in [0.717, 1.165) is 38.5 Å². The number of nitrogens with zero attached hydrogens (tertiary/aromatic N) is 3. The van der Waals surface area contributed by atoms with E-state index in [1.54, 1.807) is 48.0 Å². The third kappa shape index (κ3) is 6.78. The van der Waals surface area contributed by atoms with Crippen molar-refractivity contribution < 1.29 is 14.3 Å². The van der Waals surface area contributed by atoms with E-state index >= 15 is 0 Å². The van der Waals surface area contributed by atoms with Crippen LogP contribution in [0.5, 0.6) is 16.7 Å². The molecule has 1 N–H and O–H groups in total. The number of rotatable bonds is 10. The van der Waals surface area contributed by atoms with E-state index in [2.05, 4.69) is 20.3 Å². The maximum absolute atomic E-state index is 12.8. The van der Waals surface area contributed by atoms with E-state index in [1.807, 2.05) is 39.0 Å². The van der Waals surface area contributed by atoms with Crippen molar-refractivity contribution in [3.8, 4) is 27.3 Å². The van der Waals surface area contributed by atoms with E-state index in [0.29, 0.717) is 27.4 Å². The smallest absolute Gasteiger partial charge is 0.279 e. The van der Waals surface area contributed by atoms with Gasteiger partial charge in [-0.05, 0) is 69.9 Å². The zero-order chi connectivity index (χ0) is 26.6. The van der Waals surface area contributed by atoms with Crippen molar-refractivity contribution in [1.82, 2.24) is 20.3 Å². The van der Waals surface area contributed by atoms with Crippen LogP contribution in [0, 0.1) is 19.8 Å². The molecule has 0 spiro atoms. The molecule has 10 heteroatoms. The molecule has 3 heterocycles. The maximum atomic E-state index is 12.8. The van der Waals surface area contributed by atoms with Crippen molar-refractivity contribution in [1.29, 1.82) is 0 Å². The Morgan fingerprint density at radius 1 is 1.21 bits per heavy atom. The minimum Gasteiger partial charge on any atom is -0.493 e. The number of pyridine rings is 1. The molecule has 0 bridgehead atoms. The quantitative estimate of drug-likeness (QED) is 0.216. The van der Waals surface area contributed by atoms with Crippen molar-refractivity contribution in [2.45, 2.75) is 39.7 Å². The Balaban J connectivity index is 1.16. The Morgan fingerprint density at radius 3 is 2.79 bits per heavy atom. The molecule has 0 unspecified atom stereocenters. The standard InChI is InChI=1S/C28H27ClN4O3S2/c1-16(32-27(34)20-10-11-30-24(12-20)26-17(2)33-18(3)37-26)4-8-22-14-31-28(38-22)36-25-9-7-21(13-23(25)29)35-15-19-5-6-19/h4,7-14,16,19H,5-6,15H2,1-3H3,(H,32,34)/b8-4+/t16-/m0/s1. The molecule has 3 aromatic heterocycles. The number of benzene rings is 1. The van der Waals surface area contributed by atoms with Crippen LogP contribution in [0.1, 0.15) is 45.7 Å². The normalized spacial score (nSPS) is 14.0. The molecule has 1 aliphatic carbocycles. The average Bonchev–Trinajstić information content (AvgIpc) is 3.52. The summed E-state index contributed by atoms with van der Waals surface area (Å²) in [5.74, 6) is 1.77. The van der Waals surface area contributed by atoms with Crippen molar-refractivity contribution in [2.75, 3.05) is 6.61 Å². The number of hydrogen-bond acceptors (Lipinski definition) is 8. The van der Waals surface area contributed by atoms with Crippen molar-refractivity contribution in [3.63, 3.8) is 0 Å². The predicted octanol–water partition coefficient (Wildman–Crippen LogP) is 7.34. The van der Waals surface area contributed by atoms with Gasteiger partial charge in [0, 0.05) is 30.1 Å². The molecular formula is C28H27ClN4O3S2. The van der Waals surface area contributed by atoms with E-state index in [9.17, 15) is 4.79 Å². The Hall–Kier alpha value is -3.27. The molecule has 1 aromatic carbocycles. The van der Waals surface area contributed by atoms with E-state index in [1.165, 1.54) is 24.2 Å². The van der Waals surface area contributed by atoms with Crippen LogP contribution >= 0.6 is 34.3 Å². The lowest BCUT2D eigenvalue weighted by Crippen LogP contribution is -2.31. The lowest BCUT2D eigenvalue weighted by atomic mass is 10.1. The molecule has 1 amide bonds. The molecule has 196 valence electrons. The zero-order valence-corrected chi connectivity index (χ0v) is 23.6. The molecule has 0 aliphatic heterocycles. The number of hydrogen-bond donors (Lipinski definition) is 1. The molecule has 1 atom stereocenters. The number of halogens is 1. The van der Waals surface area contributed by atoms with Crippen molar-refractivity contribution in [2.24, 2.45) is 5.92 Å². The fourth-order valence-electron chi connectivity index (χ4n) is 3.68. The average molecular weight is 567 g/mol. The molecule has 1 fully saturated rings. The van der Waals surface area contributed by atoms with Gasteiger partial charge in [-0.3, -0.25) is 9.78 Å². The summed E-state index contributed by atoms with van der Waals surface area (Å²) in [4.78, 5) is 27.9. The highest BCUT2D eigenvalue weighted by Crippen LogP contribution is 2.36. The summed E-state index contributed by atoms with van der Waals surface area (Å²) in [7, 11) is 0. The van der Waals surface area contributed by atoms with Crippen LogP contribution in [0.25, 0.3) is 16.6 Å². The summed E-state index contributed by atoms with van der Waals surface area (Å²) in [6.07, 6.45) is 9.67. The number of aromatic nitrogens is 3. The molecule has 5 rings (SSSR count). The maximum Gasteiger partial charge on any atom is 0.279 e. The fourth-order valence-corrected chi connectivity index (χ4v) is 5.47.